The summed E-state index contributed by atoms with van der Waals surface area (Å²) in [4.78, 5) is 14.5. The van der Waals surface area contributed by atoms with Crippen molar-refractivity contribution in [3.8, 4) is 0 Å². The molecule has 1 aromatic rings. The summed E-state index contributed by atoms with van der Waals surface area (Å²) in [6.45, 7) is 4.04. The number of carbonyl (C=O) groups is 1. The maximum absolute atomic E-state index is 12.3. The molecule has 5 heteroatoms. The highest BCUT2D eigenvalue weighted by Gasteiger charge is 2.23. The Kier molecular flexibility index (Phi) is 6.03. The van der Waals surface area contributed by atoms with Gasteiger partial charge in [0, 0.05) is 16.8 Å². The summed E-state index contributed by atoms with van der Waals surface area (Å²) < 4.78 is 0. The van der Waals surface area contributed by atoms with Gasteiger partial charge in [-0.15, -0.1) is 0 Å². The average Bonchev–Trinajstić information content (AvgIpc) is 2.44. The van der Waals surface area contributed by atoms with Crippen LogP contribution in [0.2, 0.25) is 5.02 Å². The number of benzene rings is 1. The fourth-order valence-electron chi connectivity index (χ4n) is 2.93. The third kappa shape index (κ3) is 4.70. The second-order valence-corrected chi connectivity index (χ2v) is 6.14. The molecule has 3 N–H and O–H groups in total. The third-order valence-corrected chi connectivity index (χ3v) is 4.29. The lowest BCUT2D eigenvalue weighted by molar-refractivity contribution is -0.118. The molecule has 0 bridgehead atoms. The minimum Gasteiger partial charge on any atom is -0.330 e. The molecule has 1 saturated heterocycles. The maximum atomic E-state index is 12.3. The van der Waals surface area contributed by atoms with Crippen LogP contribution in [0.5, 0.6) is 0 Å². The molecule has 0 radical (unpaired) electrons. The largest absolute Gasteiger partial charge is 0.330 e. The first-order chi connectivity index (χ1) is 10.1. The Hall–Kier alpha value is -1.10. The number of nitrogens with zero attached hydrogens (tertiary/aromatic N) is 1. The van der Waals surface area contributed by atoms with E-state index in [0.29, 0.717) is 24.2 Å². The Labute approximate surface area is 131 Å². The van der Waals surface area contributed by atoms with Crippen molar-refractivity contribution in [2.75, 3.05) is 25.0 Å². The first-order valence-electron chi connectivity index (χ1n) is 7.60. The molecule has 1 aliphatic rings. The zero-order valence-corrected chi connectivity index (χ0v) is 13.3. The fraction of sp³-hybridized carbons (Fsp3) is 0.562. The van der Waals surface area contributed by atoms with Gasteiger partial charge in [-0.2, -0.15) is 0 Å². The van der Waals surface area contributed by atoms with Crippen LogP contribution in [0.25, 0.3) is 0 Å². The van der Waals surface area contributed by atoms with Crippen molar-refractivity contribution in [1.82, 2.24) is 4.90 Å². The Morgan fingerprint density at radius 2 is 2.29 bits per heavy atom. The van der Waals surface area contributed by atoms with Crippen molar-refractivity contribution in [2.24, 2.45) is 5.73 Å². The van der Waals surface area contributed by atoms with Gasteiger partial charge < -0.3 is 11.1 Å². The molecular weight excluding hydrogens is 286 g/mol. The first-order valence-corrected chi connectivity index (χ1v) is 7.98. The van der Waals surface area contributed by atoms with Crippen molar-refractivity contribution in [2.45, 2.75) is 38.6 Å². The number of carbonyl (C=O) groups excluding carboxylic acids is 1. The van der Waals surface area contributed by atoms with Gasteiger partial charge in [0.1, 0.15) is 0 Å². The maximum Gasteiger partial charge on any atom is 0.238 e. The van der Waals surface area contributed by atoms with Crippen molar-refractivity contribution >= 4 is 23.2 Å². The SMILES string of the molecule is Cc1cc(Cl)ccc1NC(=O)CN1CCCCC1CCN. The molecule has 4 nitrogen and oxygen atoms in total. The van der Waals surface area contributed by atoms with Crippen LogP contribution in [0, 0.1) is 6.92 Å². The fourth-order valence-corrected chi connectivity index (χ4v) is 3.16. The number of rotatable bonds is 5. The molecule has 1 heterocycles. The summed E-state index contributed by atoms with van der Waals surface area (Å²) in [5, 5.41) is 3.66. The Morgan fingerprint density at radius 3 is 3.00 bits per heavy atom. The number of anilines is 1. The predicted octanol–water partition coefficient (Wildman–Crippen LogP) is 2.79. The van der Waals surface area contributed by atoms with Crippen LogP contribution in [0.15, 0.2) is 18.2 Å². The van der Waals surface area contributed by atoms with E-state index < -0.39 is 0 Å². The molecule has 1 aliphatic heterocycles. The Morgan fingerprint density at radius 1 is 1.48 bits per heavy atom. The van der Waals surface area contributed by atoms with E-state index in [1.54, 1.807) is 6.07 Å². The highest BCUT2D eigenvalue weighted by Crippen LogP contribution is 2.21. The minimum atomic E-state index is 0.0318. The molecule has 1 amide bonds. The van der Waals surface area contributed by atoms with E-state index in [1.807, 2.05) is 19.1 Å². The lowest BCUT2D eigenvalue weighted by Gasteiger charge is -2.35. The highest BCUT2D eigenvalue weighted by atomic mass is 35.5. The van der Waals surface area contributed by atoms with Gasteiger partial charge in [-0.25, -0.2) is 0 Å². The van der Waals surface area contributed by atoms with Crippen LogP contribution in [0.4, 0.5) is 5.69 Å². The molecule has 0 aromatic heterocycles. The summed E-state index contributed by atoms with van der Waals surface area (Å²) in [6.07, 6.45) is 4.51. The van der Waals surface area contributed by atoms with Crippen LogP contribution in [-0.2, 0) is 4.79 Å². The molecule has 2 rings (SSSR count). The number of piperidine rings is 1. The van der Waals surface area contributed by atoms with Gasteiger partial charge in [0.25, 0.3) is 0 Å². The first kappa shape index (κ1) is 16.3. The van der Waals surface area contributed by atoms with E-state index in [0.717, 1.165) is 37.1 Å². The smallest absolute Gasteiger partial charge is 0.238 e. The topological polar surface area (TPSA) is 58.4 Å². The van der Waals surface area contributed by atoms with Crippen LogP contribution in [-0.4, -0.2) is 36.5 Å². The molecular formula is C16H24ClN3O. The average molecular weight is 310 g/mol. The quantitative estimate of drug-likeness (QED) is 0.879. The van der Waals surface area contributed by atoms with Crippen LogP contribution < -0.4 is 11.1 Å². The van der Waals surface area contributed by atoms with Crippen molar-refractivity contribution in [3.63, 3.8) is 0 Å². The summed E-state index contributed by atoms with van der Waals surface area (Å²) in [6, 6.07) is 5.95. The van der Waals surface area contributed by atoms with E-state index in [9.17, 15) is 4.79 Å². The second-order valence-electron chi connectivity index (χ2n) is 5.70. The van der Waals surface area contributed by atoms with Gasteiger partial charge in [-0.3, -0.25) is 9.69 Å². The van der Waals surface area contributed by atoms with E-state index >= 15 is 0 Å². The van der Waals surface area contributed by atoms with Gasteiger partial charge in [-0.1, -0.05) is 18.0 Å². The molecule has 21 heavy (non-hydrogen) atoms. The van der Waals surface area contributed by atoms with E-state index in [4.69, 9.17) is 17.3 Å². The van der Waals surface area contributed by atoms with Crippen molar-refractivity contribution < 1.29 is 4.79 Å². The van der Waals surface area contributed by atoms with Gasteiger partial charge in [0.15, 0.2) is 0 Å². The normalized spacial score (nSPS) is 19.5. The number of hydrogen-bond donors (Lipinski definition) is 2. The number of halogens is 1. The zero-order valence-electron chi connectivity index (χ0n) is 12.6. The van der Waals surface area contributed by atoms with Crippen molar-refractivity contribution in [3.05, 3.63) is 28.8 Å². The summed E-state index contributed by atoms with van der Waals surface area (Å²) in [5.74, 6) is 0.0318. The lowest BCUT2D eigenvalue weighted by atomic mass is 9.99. The Balaban J connectivity index is 1.93. The van der Waals surface area contributed by atoms with Gasteiger partial charge in [-0.05, 0) is 63.0 Å². The zero-order chi connectivity index (χ0) is 15.2. The van der Waals surface area contributed by atoms with E-state index in [2.05, 4.69) is 10.2 Å². The minimum absolute atomic E-state index is 0.0318. The number of hydrogen-bond acceptors (Lipinski definition) is 3. The molecule has 1 aromatic carbocycles. The summed E-state index contributed by atoms with van der Waals surface area (Å²) in [7, 11) is 0. The van der Waals surface area contributed by atoms with Crippen LogP contribution >= 0.6 is 11.6 Å². The molecule has 1 unspecified atom stereocenters. The molecule has 0 saturated carbocycles. The van der Waals surface area contributed by atoms with Gasteiger partial charge in [0.05, 0.1) is 6.54 Å². The van der Waals surface area contributed by atoms with Crippen molar-refractivity contribution in [1.29, 1.82) is 0 Å². The molecule has 116 valence electrons. The molecule has 0 aliphatic carbocycles. The number of nitrogens with one attached hydrogen (secondary N) is 1. The second kappa shape index (κ2) is 7.78. The van der Waals surface area contributed by atoms with E-state index in [1.165, 1.54) is 6.42 Å². The monoisotopic (exact) mass is 309 g/mol. The molecule has 0 spiro atoms. The van der Waals surface area contributed by atoms with E-state index in [-0.39, 0.29) is 5.91 Å². The van der Waals surface area contributed by atoms with Gasteiger partial charge >= 0.3 is 0 Å². The standard InChI is InChI=1S/C16H24ClN3O/c1-12-10-13(17)5-6-15(12)19-16(21)11-20-9-3-2-4-14(20)7-8-18/h5-6,10,14H,2-4,7-9,11,18H2,1H3,(H,19,21). The number of likely N-dealkylation sites (tertiary alicyclic amines) is 1. The van der Waals surface area contributed by atoms with Crippen LogP contribution in [0.3, 0.4) is 0 Å². The number of nitrogens with two attached hydrogens (primary N) is 1. The molecule has 1 fully saturated rings. The van der Waals surface area contributed by atoms with Crippen LogP contribution in [0.1, 0.15) is 31.2 Å². The third-order valence-electron chi connectivity index (χ3n) is 4.06. The highest BCUT2D eigenvalue weighted by molar-refractivity contribution is 6.30. The number of amides is 1. The summed E-state index contributed by atoms with van der Waals surface area (Å²) in [5.41, 5.74) is 7.48. The Bertz CT molecular complexity index is 490. The lowest BCUT2D eigenvalue weighted by Crippen LogP contribution is -2.44. The number of aryl methyl sites for hydroxylation is 1. The summed E-state index contributed by atoms with van der Waals surface area (Å²) >= 11 is 5.93. The predicted molar refractivity (Wildman–Crippen MR) is 87.7 cm³/mol. The van der Waals surface area contributed by atoms with Gasteiger partial charge in [0.2, 0.25) is 5.91 Å². The molecule has 1 atom stereocenters.